The Hall–Kier alpha value is -8.72. The molecular weight excluding hydrogens is 1030 g/mol. The predicted molar refractivity (Wildman–Crippen MR) is 284 cm³/mol. The number of nitrogens with one attached hydrogen (secondary N) is 10. The van der Waals surface area contributed by atoms with Crippen LogP contribution < -0.4 is 48.3 Å². The monoisotopic (exact) mass is 1100 g/mol. The number of rotatable bonds is 30. The number of fused-ring (bicyclic) bond motifs is 2. The number of carbonyl (C=O) groups is 10. The van der Waals surface area contributed by atoms with E-state index in [0.717, 1.165) is 10.9 Å². The molecule has 0 aliphatic heterocycles. The molecule has 0 unspecified atom stereocenters. The van der Waals surface area contributed by atoms with Gasteiger partial charge in [0, 0.05) is 53.5 Å². The third kappa shape index (κ3) is 17.7. The fraction of sp³-hybridized carbons (Fsp3) is 0.396. The third-order valence-corrected chi connectivity index (χ3v) is 12.6. The fourth-order valence-corrected chi connectivity index (χ4v) is 8.38. The van der Waals surface area contributed by atoms with Gasteiger partial charge >= 0.3 is 11.9 Å². The molecule has 8 amide bonds. The van der Waals surface area contributed by atoms with Crippen LogP contribution >= 0.6 is 0 Å². The van der Waals surface area contributed by atoms with E-state index in [1.54, 1.807) is 99.0 Å². The maximum Gasteiger partial charge on any atom is 0.328 e. The number of benzene rings is 3. The van der Waals surface area contributed by atoms with Crippen LogP contribution in [0.4, 0.5) is 0 Å². The molecule has 17 N–H and O–H groups in total. The Bertz CT molecular complexity index is 2960. The molecule has 5 rings (SSSR count). The van der Waals surface area contributed by atoms with Gasteiger partial charge in [0.25, 0.3) is 0 Å². The zero-order chi connectivity index (χ0) is 57.9. The van der Waals surface area contributed by atoms with E-state index in [2.05, 4.69) is 47.2 Å². The molecule has 5 aromatic rings. The minimum atomic E-state index is -1.91. The number of hydrogen-bond acceptors (Lipinski definition) is 14. The Morgan fingerprint density at radius 1 is 0.456 bits per heavy atom. The van der Waals surface area contributed by atoms with Gasteiger partial charge in [0.15, 0.2) is 0 Å². The van der Waals surface area contributed by atoms with Crippen molar-refractivity contribution >= 4 is 81.0 Å². The van der Waals surface area contributed by atoms with E-state index in [1.165, 1.54) is 6.92 Å². The van der Waals surface area contributed by atoms with E-state index >= 15 is 0 Å². The summed E-state index contributed by atoms with van der Waals surface area (Å²) in [6.45, 7) is 2.01. The van der Waals surface area contributed by atoms with Crippen molar-refractivity contribution in [2.45, 2.75) is 107 Å². The minimum absolute atomic E-state index is 0.0566. The largest absolute Gasteiger partial charge is 0.481 e. The fourth-order valence-electron chi connectivity index (χ4n) is 8.38. The molecule has 0 bridgehead atoms. The highest BCUT2D eigenvalue weighted by atomic mass is 16.4. The maximum absolute atomic E-state index is 14.7. The van der Waals surface area contributed by atoms with Crippen molar-refractivity contribution in [3.8, 4) is 0 Å². The van der Waals surface area contributed by atoms with E-state index in [1.807, 2.05) is 11.4 Å². The van der Waals surface area contributed by atoms with Gasteiger partial charge in [0.05, 0.1) is 26.2 Å². The second-order valence-electron chi connectivity index (χ2n) is 19.2. The SMILES string of the molecule is CC(C)C[C@H](NC(=O)[C@H](Cc1c[nH]c2ccccc12)NC(=O)[C@H](Cc1c[nH]c2ccccc12)NC(=O)[C@H](C)NC(=O)[C@@H](N)CO)C(=O)N[C@@H](CO)C(=O)N[C@@H](Cc1ccccc1)C(=O)N[C@@H](CC(=O)O)C(=O)N[C@@H](CO)C(=O)O. The highest BCUT2D eigenvalue weighted by Gasteiger charge is 2.36. The van der Waals surface area contributed by atoms with Crippen LogP contribution in [-0.4, -0.2) is 169 Å². The molecule has 2 aromatic heterocycles. The van der Waals surface area contributed by atoms with Gasteiger partial charge in [0.1, 0.15) is 54.4 Å². The van der Waals surface area contributed by atoms with Crippen LogP contribution in [0.3, 0.4) is 0 Å². The summed E-state index contributed by atoms with van der Waals surface area (Å²) in [5.41, 5.74) is 8.72. The van der Waals surface area contributed by atoms with Crippen LogP contribution in [0.5, 0.6) is 0 Å². The summed E-state index contributed by atoms with van der Waals surface area (Å²) in [7, 11) is 0. The van der Waals surface area contributed by atoms with Gasteiger partial charge in [-0.15, -0.1) is 0 Å². The van der Waals surface area contributed by atoms with Crippen molar-refractivity contribution in [2.75, 3.05) is 19.8 Å². The van der Waals surface area contributed by atoms with E-state index in [9.17, 15) is 73.5 Å². The lowest BCUT2D eigenvalue weighted by Crippen LogP contribution is -2.61. The van der Waals surface area contributed by atoms with E-state index in [0.29, 0.717) is 27.6 Å². The van der Waals surface area contributed by atoms with Gasteiger partial charge < -0.3 is 83.8 Å². The Morgan fingerprint density at radius 2 is 0.861 bits per heavy atom. The summed E-state index contributed by atoms with van der Waals surface area (Å²) >= 11 is 0. The number of carboxylic acid groups (broad SMARTS) is 2. The molecule has 424 valence electrons. The molecule has 0 fully saturated rings. The molecule has 0 aliphatic carbocycles. The minimum Gasteiger partial charge on any atom is -0.481 e. The number of para-hydroxylation sites is 2. The molecule has 26 heteroatoms. The molecule has 9 atom stereocenters. The Morgan fingerprint density at radius 3 is 1.34 bits per heavy atom. The van der Waals surface area contributed by atoms with Crippen molar-refractivity contribution in [1.29, 1.82) is 0 Å². The molecule has 3 aromatic carbocycles. The number of carboxylic acids is 2. The van der Waals surface area contributed by atoms with Gasteiger partial charge in [-0.3, -0.25) is 43.2 Å². The third-order valence-electron chi connectivity index (χ3n) is 12.6. The standard InChI is InChI=1S/C53H67N11O15/c1-27(2)17-37(47(72)63-42(25-66)52(77)60-38(18-29-11-5-4-6-12-29)48(73)62-41(21-44(68)69)51(76)64-43(26-67)53(78)79)59-50(75)40(20-31-23-56-36-16-10-8-14-33(31)36)61-49(74)39(19-30-22-55-35-15-9-7-13-32(30)35)58-45(70)28(3)57-46(71)34(54)24-65/h4-16,22-23,27-28,34,37-43,55-56,65-67H,17-21,24-26,54H2,1-3H3,(H,57,71)(H,58,70)(H,59,75)(H,60,77)(H,61,74)(H,62,73)(H,63,72)(H,64,76)(H,68,69)(H,78,79)/t28-,34-,37-,38-,39-,40-,41-,42-,43-/m0/s1. The molecule has 0 aliphatic rings. The number of H-pyrrole nitrogens is 2. The van der Waals surface area contributed by atoms with Gasteiger partial charge in [0.2, 0.25) is 47.3 Å². The lowest BCUT2D eigenvalue weighted by atomic mass is 9.99. The maximum atomic E-state index is 14.7. The van der Waals surface area contributed by atoms with Crippen molar-refractivity contribution in [2.24, 2.45) is 11.7 Å². The lowest BCUT2D eigenvalue weighted by molar-refractivity contribution is -0.144. The van der Waals surface area contributed by atoms with Crippen molar-refractivity contribution in [3.63, 3.8) is 0 Å². The molecule has 26 nitrogen and oxygen atoms in total. The number of aliphatic carboxylic acids is 2. The molecular formula is C53H67N11O15. The van der Waals surface area contributed by atoms with E-state index < -0.39 is 140 Å². The van der Waals surface area contributed by atoms with Gasteiger partial charge in [-0.1, -0.05) is 80.6 Å². The topological polar surface area (TPSA) is 426 Å². The first kappa shape index (κ1) is 61.1. The zero-order valence-corrected chi connectivity index (χ0v) is 43.5. The predicted octanol–water partition coefficient (Wildman–Crippen LogP) is -2.52. The number of aliphatic hydroxyl groups is 3. The van der Waals surface area contributed by atoms with Crippen LogP contribution in [0.25, 0.3) is 21.8 Å². The number of carbonyl (C=O) groups excluding carboxylic acids is 8. The van der Waals surface area contributed by atoms with Crippen LogP contribution in [-0.2, 0) is 67.2 Å². The molecule has 2 heterocycles. The average Bonchev–Trinajstić information content (AvgIpc) is 4.07. The Kier molecular flexibility index (Phi) is 22.6. The van der Waals surface area contributed by atoms with E-state index in [-0.39, 0.29) is 31.6 Å². The number of hydrogen-bond donors (Lipinski definition) is 16. The van der Waals surface area contributed by atoms with Crippen LogP contribution in [0.1, 0.15) is 50.3 Å². The van der Waals surface area contributed by atoms with Crippen molar-refractivity contribution < 1.29 is 73.5 Å². The number of amides is 8. The first-order valence-corrected chi connectivity index (χ1v) is 25.2. The Balaban J connectivity index is 1.41. The lowest BCUT2D eigenvalue weighted by Gasteiger charge is -2.28. The van der Waals surface area contributed by atoms with Crippen molar-refractivity contribution in [3.05, 3.63) is 108 Å². The zero-order valence-electron chi connectivity index (χ0n) is 43.5. The second kappa shape index (κ2) is 29.1. The number of nitrogens with two attached hydrogens (primary N) is 1. The molecule has 0 spiro atoms. The highest BCUT2D eigenvalue weighted by Crippen LogP contribution is 2.22. The van der Waals surface area contributed by atoms with E-state index in [4.69, 9.17) is 5.73 Å². The van der Waals surface area contributed by atoms with Crippen molar-refractivity contribution in [1.82, 2.24) is 52.5 Å². The molecule has 0 radical (unpaired) electrons. The average molecular weight is 1100 g/mol. The number of aliphatic hydroxyl groups excluding tert-OH is 3. The van der Waals surface area contributed by atoms with Gasteiger partial charge in [-0.05, 0) is 48.1 Å². The first-order chi connectivity index (χ1) is 37.6. The van der Waals surface area contributed by atoms with Crippen LogP contribution in [0, 0.1) is 5.92 Å². The smallest absolute Gasteiger partial charge is 0.328 e. The second-order valence-corrected chi connectivity index (χ2v) is 19.2. The summed E-state index contributed by atoms with van der Waals surface area (Å²) < 4.78 is 0. The van der Waals surface area contributed by atoms with Gasteiger partial charge in [-0.25, -0.2) is 4.79 Å². The summed E-state index contributed by atoms with van der Waals surface area (Å²) in [6, 6.07) is 8.39. The summed E-state index contributed by atoms with van der Waals surface area (Å²) in [5, 5.41) is 69.1. The Labute approximate surface area is 452 Å². The number of aromatic nitrogens is 2. The van der Waals surface area contributed by atoms with Crippen LogP contribution in [0.15, 0.2) is 91.3 Å². The van der Waals surface area contributed by atoms with Gasteiger partial charge in [-0.2, -0.15) is 0 Å². The highest BCUT2D eigenvalue weighted by molar-refractivity contribution is 5.99. The molecule has 0 saturated carbocycles. The normalized spacial score (nSPS) is 14.7. The molecule has 79 heavy (non-hydrogen) atoms. The molecule has 0 saturated heterocycles. The first-order valence-electron chi connectivity index (χ1n) is 25.2. The summed E-state index contributed by atoms with van der Waals surface area (Å²) in [6.07, 6.45) is 1.64. The quantitative estimate of drug-likeness (QED) is 0.0226. The summed E-state index contributed by atoms with van der Waals surface area (Å²) in [5.74, 6) is -11.4. The van der Waals surface area contributed by atoms with Crippen LogP contribution in [0.2, 0.25) is 0 Å². The summed E-state index contributed by atoms with van der Waals surface area (Å²) in [4.78, 5) is 140. The number of aromatic amines is 2.